The van der Waals surface area contributed by atoms with Crippen molar-refractivity contribution in [3.05, 3.63) is 113 Å². The number of benzene rings is 3. The van der Waals surface area contributed by atoms with Crippen molar-refractivity contribution in [1.82, 2.24) is 4.90 Å². The van der Waals surface area contributed by atoms with Gasteiger partial charge in [0.2, 0.25) is 5.91 Å². The van der Waals surface area contributed by atoms with E-state index in [4.69, 9.17) is 4.74 Å². The van der Waals surface area contributed by atoms with Crippen molar-refractivity contribution in [2.75, 3.05) is 11.9 Å². The molecule has 0 aliphatic carbocycles. The third kappa shape index (κ3) is 6.49. The lowest BCUT2D eigenvalue weighted by Crippen LogP contribution is -2.29. The van der Waals surface area contributed by atoms with Crippen molar-refractivity contribution in [1.29, 1.82) is 0 Å². The number of rotatable bonds is 8. The molecule has 1 aliphatic rings. The highest BCUT2D eigenvalue weighted by atomic mass is 32.2. The van der Waals surface area contributed by atoms with Crippen LogP contribution in [0.4, 0.5) is 5.69 Å². The van der Waals surface area contributed by atoms with Crippen LogP contribution >= 0.6 is 11.8 Å². The van der Waals surface area contributed by atoms with E-state index in [1.165, 1.54) is 17.8 Å². The van der Waals surface area contributed by atoms with Crippen LogP contribution in [0.3, 0.4) is 0 Å². The molecule has 182 valence electrons. The van der Waals surface area contributed by atoms with Gasteiger partial charge in [0.05, 0.1) is 30.2 Å². The Labute approximate surface area is 213 Å². The van der Waals surface area contributed by atoms with Crippen molar-refractivity contribution in [3.8, 4) is 0 Å². The molecule has 1 fully saturated rings. The largest absolute Gasteiger partial charge is 0.462 e. The highest BCUT2D eigenvalue weighted by Gasteiger charge is 2.33. The first-order valence-electron chi connectivity index (χ1n) is 11.5. The fraction of sp³-hybridized carbons (Fsp3) is 0.143. The number of carbonyl (C=O) groups excluding carboxylic acids is 3. The van der Waals surface area contributed by atoms with Gasteiger partial charge in [0.15, 0.2) is 5.17 Å². The summed E-state index contributed by atoms with van der Waals surface area (Å²) in [5.74, 6) is -1.14. The fourth-order valence-corrected chi connectivity index (χ4v) is 4.42. The first kappa shape index (κ1) is 24.9. The second kappa shape index (κ2) is 12.0. The van der Waals surface area contributed by atoms with Gasteiger partial charge >= 0.3 is 5.97 Å². The zero-order valence-electron chi connectivity index (χ0n) is 19.7. The van der Waals surface area contributed by atoms with Crippen molar-refractivity contribution >= 4 is 40.4 Å². The highest BCUT2D eigenvalue weighted by molar-refractivity contribution is 8.18. The molecule has 3 aromatic carbocycles. The number of ether oxygens (including phenoxy) is 1. The quantitative estimate of drug-likeness (QED) is 0.347. The van der Waals surface area contributed by atoms with E-state index in [0.29, 0.717) is 34.4 Å². The van der Waals surface area contributed by atoms with Gasteiger partial charge in [-0.05, 0) is 54.1 Å². The lowest BCUT2D eigenvalue weighted by atomic mass is 10.2. The molecule has 0 aromatic heterocycles. The Morgan fingerprint density at radius 2 is 1.58 bits per heavy atom. The molecule has 0 unspecified atom stereocenters. The summed E-state index contributed by atoms with van der Waals surface area (Å²) in [7, 11) is 0. The van der Waals surface area contributed by atoms with Gasteiger partial charge in [0, 0.05) is 11.8 Å². The zero-order chi connectivity index (χ0) is 25.3. The molecule has 0 radical (unpaired) electrons. The van der Waals surface area contributed by atoms with Crippen LogP contribution in [0.5, 0.6) is 0 Å². The minimum Gasteiger partial charge on any atom is -0.462 e. The summed E-state index contributed by atoms with van der Waals surface area (Å²) in [6.45, 7) is 2.80. The van der Waals surface area contributed by atoms with E-state index in [9.17, 15) is 14.4 Å². The fourth-order valence-electron chi connectivity index (χ4n) is 3.48. The molecular weight excluding hydrogens is 474 g/mol. The standard InChI is InChI=1S/C28H25N3O4S/c1-2-35-27(34)22-13-15-23(16-14-22)30-25(32)17-24-26(33)31(19-21-11-7-4-8-12-21)28(36-24)29-18-20-9-5-3-6-10-20/h3-17H,2,18-19H2,1H3,(H,30,32)/b24-17-,29-28?. The maximum Gasteiger partial charge on any atom is 0.338 e. The van der Waals surface area contributed by atoms with Gasteiger partial charge in [0.25, 0.3) is 5.91 Å². The topological polar surface area (TPSA) is 88.1 Å². The number of nitrogens with zero attached hydrogens (tertiary/aromatic N) is 2. The summed E-state index contributed by atoms with van der Waals surface area (Å²) in [5.41, 5.74) is 2.88. The smallest absolute Gasteiger partial charge is 0.338 e. The highest BCUT2D eigenvalue weighted by Crippen LogP contribution is 2.32. The normalized spacial score (nSPS) is 15.4. The number of anilines is 1. The van der Waals surface area contributed by atoms with Gasteiger partial charge in [-0.2, -0.15) is 0 Å². The maximum absolute atomic E-state index is 13.2. The van der Waals surface area contributed by atoms with E-state index in [1.807, 2.05) is 60.7 Å². The third-order valence-corrected chi connectivity index (χ3v) is 6.28. The SMILES string of the molecule is CCOC(=O)c1ccc(NC(=O)/C=C2\SC(=NCc3ccccc3)N(Cc3ccccc3)C2=O)cc1. The first-order valence-corrected chi connectivity index (χ1v) is 12.3. The Hall–Kier alpha value is -4.17. The van der Waals surface area contributed by atoms with Crippen LogP contribution in [0.1, 0.15) is 28.4 Å². The van der Waals surface area contributed by atoms with Gasteiger partial charge in [-0.1, -0.05) is 60.7 Å². The summed E-state index contributed by atoms with van der Waals surface area (Å²) >= 11 is 1.18. The molecule has 0 spiro atoms. The number of nitrogens with one attached hydrogen (secondary N) is 1. The second-order valence-corrected chi connectivity index (χ2v) is 8.87. The monoisotopic (exact) mass is 499 g/mol. The Balaban J connectivity index is 1.50. The van der Waals surface area contributed by atoms with E-state index < -0.39 is 11.9 Å². The van der Waals surface area contributed by atoms with Crippen LogP contribution in [0, 0.1) is 0 Å². The molecular formula is C28H25N3O4S. The van der Waals surface area contributed by atoms with Crippen LogP contribution in [0.15, 0.2) is 101 Å². The Morgan fingerprint density at radius 1 is 0.944 bits per heavy atom. The van der Waals surface area contributed by atoms with Crippen molar-refractivity contribution < 1.29 is 19.1 Å². The van der Waals surface area contributed by atoms with E-state index in [-0.39, 0.29) is 12.5 Å². The number of hydrogen-bond donors (Lipinski definition) is 1. The molecule has 1 aliphatic heterocycles. The number of aliphatic imine (C=N–C) groups is 1. The zero-order valence-corrected chi connectivity index (χ0v) is 20.5. The predicted octanol–water partition coefficient (Wildman–Crippen LogP) is 5.02. The van der Waals surface area contributed by atoms with Crippen molar-refractivity contribution in [3.63, 3.8) is 0 Å². The summed E-state index contributed by atoms with van der Waals surface area (Å²) in [6.07, 6.45) is 1.29. The molecule has 0 saturated carbocycles. The van der Waals surface area contributed by atoms with Gasteiger partial charge in [-0.3, -0.25) is 19.5 Å². The second-order valence-electron chi connectivity index (χ2n) is 7.86. The number of amides is 2. The molecule has 0 bridgehead atoms. The number of carbonyl (C=O) groups is 3. The third-order valence-electron chi connectivity index (χ3n) is 5.24. The average molecular weight is 500 g/mol. The first-order chi connectivity index (χ1) is 17.5. The molecule has 1 heterocycles. The molecule has 1 N–H and O–H groups in total. The van der Waals surface area contributed by atoms with Gasteiger partial charge in [-0.15, -0.1) is 0 Å². The summed E-state index contributed by atoms with van der Waals surface area (Å²) < 4.78 is 4.97. The average Bonchev–Trinajstić information content (AvgIpc) is 3.18. The Bertz CT molecular complexity index is 1290. The Kier molecular flexibility index (Phi) is 8.31. The number of thioether (sulfide) groups is 1. The van der Waals surface area contributed by atoms with Crippen LogP contribution in [-0.2, 0) is 27.4 Å². The molecule has 2 amide bonds. The molecule has 0 atom stereocenters. The molecule has 36 heavy (non-hydrogen) atoms. The lowest BCUT2D eigenvalue weighted by molar-refractivity contribution is -0.123. The number of amidine groups is 1. The molecule has 1 saturated heterocycles. The molecule has 4 rings (SSSR count). The molecule has 8 heteroatoms. The van der Waals surface area contributed by atoms with E-state index in [0.717, 1.165) is 11.1 Å². The minimum absolute atomic E-state index is 0.275. The van der Waals surface area contributed by atoms with Crippen LogP contribution in [-0.4, -0.2) is 34.5 Å². The van der Waals surface area contributed by atoms with Gasteiger partial charge in [-0.25, -0.2) is 4.79 Å². The molecule has 3 aromatic rings. The van der Waals surface area contributed by atoms with Crippen molar-refractivity contribution in [2.24, 2.45) is 4.99 Å². The molecule has 7 nitrogen and oxygen atoms in total. The summed E-state index contributed by atoms with van der Waals surface area (Å²) in [4.78, 5) is 44.3. The summed E-state index contributed by atoms with van der Waals surface area (Å²) in [6, 6.07) is 25.8. The van der Waals surface area contributed by atoms with E-state index in [1.54, 1.807) is 36.1 Å². The maximum atomic E-state index is 13.2. The predicted molar refractivity (Wildman–Crippen MR) is 141 cm³/mol. The van der Waals surface area contributed by atoms with Gasteiger partial charge in [0.1, 0.15) is 0 Å². The Morgan fingerprint density at radius 3 is 2.22 bits per heavy atom. The van der Waals surface area contributed by atoms with Crippen LogP contribution in [0.25, 0.3) is 0 Å². The summed E-state index contributed by atoms with van der Waals surface area (Å²) in [5, 5.41) is 3.28. The van der Waals surface area contributed by atoms with Crippen molar-refractivity contribution in [2.45, 2.75) is 20.0 Å². The number of hydrogen-bond acceptors (Lipinski definition) is 6. The van der Waals surface area contributed by atoms with Gasteiger partial charge < -0.3 is 10.1 Å². The van der Waals surface area contributed by atoms with Crippen LogP contribution < -0.4 is 5.32 Å². The van der Waals surface area contributed by atoms with E-state index >= 15 is 0 Å². The van der Waals surface area contributed by atoms with Crippen LogP contribution in [0.2, 0.25) is 0 Å². The van der Waals surface area contributed by atoms with E-state index in [2.05, 4.69) is 10.3 Å². The minimum atomic E-state index is -0.446. The lowest BCUT2D eigenvalue weighted by Gasteiger charge is -2.15. The number of esters is 1.